The maximum Gasteiger partial charge on any atom is 0.345 e. The number of nitrogens with one attached hydrogen (secondary N) is 2. The van der Waals surface area contributed by atoms with Crippen molar-refractivity contribution in [3.63, 3.8) is 0 Å². The number of carbonyl (C=O) groups is 2. The lowest BCUT2D eigenvalue weighted by molar-refractivity contribution is -0.198. The number of aryl methyl sites for hydroxylation is 2. The SMILES string of the molecule is CCCc1cc2oc(-c3ccc(F)cc3)c(C(=O)NC)c2cc1-c1cc(C(=O)NC2(c3ncccn3)CC(OC(F)F)C2)c(OC)cc1C. The van der Waals surface area contributed by atoms with Gasteiger partial charge in [-0.3, -0.25) is 9.59 Å². The molecule has 0 bridgehead atoms. The fraction of sp³-hybridized carbons (Fsp3) is 0.297. The van der Waals surface area contributed by atoms with Crippen LogP contribution in [-0.2, 0) is 16.7 Å². The molecule has 9 nitrogen and oxygen atoms in total. The third-order valence-corrected chi connectivity index (χ3v) is 8.87. The number of ether oxygens (including phenoxy) is 2. The highest BCUT2D eigenvalue weighted by Crippen LogP contribution is 2.44. The van der Waals surface area contributed by atoms with E-state index in [0.29, 0.717) is 40.0 Å². The standard InChI is InChI=1S/C37H35F3N4O5/c1-5-7-22-15-30-27(31(34(46)41-3)32(49-30)21-8-10-23(38)11-9-21)17-26(22)25-16-28(29(47-4)14-20(25)2)33(45)44-37(35-42-12-6-13-43-35)18-24(19-37)48-36(39)40/h6,8-17,24,36H,5,7,18-19H2,1-4H3,(H,41,46)(H,44,45). The summed E-state index contributed by atoms with van der Waals surface area (Å²) in [6, 6.07) is 14.6. The average molecular weight is 673 g/mol. The van der Waals surface area contributed by atoms with Gasteiger partial charge in [0.15, 0.2) is 5.82 Å². The summed E-state index contributed by atoms with van der Waals surface area (Å²) in [6.45, 7) is 0.996. The Morgan fingerprint density at radius 1 is 1.04 bits per heavy atom. The average Bonchev–Trinajstić information content (AvgIpc) is 3.45. The molecule has 254 valence electrons. The van der Waals surface area contributed by atoms with E-state index in [1.165, 1.54) is 38.7 Å². The highest BCUT2D eigenvalue weighted by atomic mass is 19.3. The third kappa shape index (κ3) is 6.48. The minimum absolute atomic E-state index is 0.0601. The smallest absolute Gasteiger partial charge is 0.345 e. The van der Waals surface area contributed by atoms with Gasteiger partial charge < -0.3 is 24.5 Å². The number of hydrogen-bond acceptors (Lipinski definition) is 7. The molecule has 0 radical (unpaired) electrons. The van der Waals surface area contributed by atoms with Crippen LogP contribution < -0.4 is 15.4 Å². The largest absolute Gasteiger partial charge is 0.496 e. The molecule has 0 atom stereocenters. The molecule has 1 aliphatic rings. The van der Waals surface area contributed by atoms with E-state index < -0.39 is 30.0 Å². The number of furan rings is 1. The quantitative estimate of drug-likeness (QED) is 0.151. The second kappa shape index (κ2) is 13.7. The molecule has 3 aromatic carbocycles. The Morgan fingerprint density at radius 3 is 2.39 bits per heavy atom. The van der Waals surface area contributed by atoms with Gasteiger partial charge in [-0.1, -0.05) is 13.3 Å². The molecule has 0 spiro atoms. The van der Waals surface area contributed by atoms with Crippen molar-refractivity contribution in [2.45, 2.75) is 57.8 Å². The Hall–Kier alpha value is -5.23. The summed E-state index contributed by atoms with van der Waals surface area (Å²) < 4.78 is 56.4. The summed E-state index contributed by atoms with van der Waals surface area (Å²) in [6.07, 6.45) is 3.86. The van der Waals surface area contributed by atoms with Gasteiger partial charge in [0, 0.05) is 43.2 Å². The predicted octanol–water partition coefficient (Wildman–Crippen LogP) is 7.35. The minimum atomic E-state index is -2.95. The maximum atomic E-state index is 14.1. The van der Waals surface area contributed by atoms with Crippen molar-refractivity contribution < 1.29 is 36.7 Å². The number of fused-ring (bicyclic) bond motifs is 1. The molecule has 0 saturated heterocycles. The van der Waals surface area contributed by atoms with Crippen molar-refractivity contribution in [1.29, 1.82) is 0 Å². The molecule has 5 aromatic rings. The van der Waals surface area contributed by atoms with Gasteiger partial charge in [-0.05, 0) is 90.2 Å². The molecule has 2 N–H and O–H groups in total. The van der Waals surface area contributed by atoms with Crippen LogP contribution in [0.4, 0.5) is 13.2 Å². The molecule has 2 aromatic heterocycles. The van der Waals surface area contributed by atoms with Gasteiger partial charge in [0.1, 0.15) is 28.4 Å². The van der Waals surface area contributed by atoms with Gasteiger partial charge in [0.2, 0.25) is 0 Å². The normalized spacial score (nSPS) is 17.2. The van der Waals surface area contributed by atoms with Crippen LogP contribution in [0.5, 0.6) is 5.75 Å². The fourth-order valence-corrected chi connectivity index (χ4v) is 6.52. The van der Waals surface area contributed by atoms with Crippen molar-refractivity contribution in [2.24, 2.45) is 0 Å². The first kappa shape index (κ1) is 33.7. The maximum absolute atomic E-state index is 14.1. The Balaban J connectivity index is 1.47. The third-order valence-electron chi connectivity index (χ3n) is 8.87. The highest BCUT2D eigenvalue weighted by Gasteiger charge is 2.51. The Labute approximate surface area is 280 Å². The van der Waals surface area contributed by atoms with Crippen LogP contribution in [0.15, 0.2) is 71.4 Å². The molecule has 1 saturated carbocycles. The molecular weight excluding hydrogens is 637 g/mol. The molecule has 12 heteroatoms. The van der Waals surface area contributed by atoms with Crippen molar-refractivity contribution in [3.8, 4) is 28.2 Å². The molecule has 0 unspecified atom stereocenters. The fourth-order valence-electron chi connectivity index (χ4n) is 6.52. The first-order chi connectivity index (χ1) is 23.6. The van der Waals surface area contributed by atoms with Gasteiger partial charge in [-0.25, -0.2) is 14.4 Å². The zero-order valence-electron chi connectivity index (χ0n) is 27.4. The first-order valence-corrected chi connectivity index (χ1v) is 15.9. The Morgan fingerprint density at radius 2 is 1.76 bits per heavy atom. The number of aromatic nitrogens is 2. The molecular formula is C37H35F3N4O5. The number of methoxy groups -OCH3 is 1. The molecule has 6 rings (SSSR count). The second-order valence-corrected chi connectivity index (χ2v) is 12.1. The number of nitrogens with zero attached hydrogens (tertiary/aromatic N) is 2. The first-order valence-electron chi connectivity index (χ1n) is 15.9. The summed E-state index contributed by atoms with van der Waals surface area (Å²) >= 11 is 0. The van der Waals surface area contributed by atoms with Crippen molar-refractivity contribution in [3.05, 3.63) is 101 Å². The van der Waals surface area contributed by atoms with E-state index in [2.05, 4.69) is 20.6 Å². The van der Waals surface area contributed by atoms with E-state index >= 15 is 0 Å². The molecule has 0 aliphatic heterocycles. The van der Waals surface area contributed by atoms with Gasteiger partial charge >= 0.3 is 6.61 Å². The summed E-state index contributed by atoms with van der Waals surface area (Å²) in [4.78, 5) is 36.0. The molecule has 1 fully saturated rings. The zero-order valence-corrected chi connectivity index (χ0v) is 27.4. The number of rotatable bonds is 11. The van der Waals surface area contributed by atoms with Crippen LogP contribution in [0.2, 0.25) is 0 Å². The van der Waals surface area contributed by atoms with Crippen LogP contribution in [0.1, 0.15) is 63.9 Å². The predicted molar refractivity (Wildman–Crippen MR) is 177 cm³/mol. The van der Waals surface area contributed by atoms with E-state index in [9.17, 15) is 22.8 Å². The lowest BCUT2D eigenvalue weighted by atomic mass is 9.73. The summed E-state index contributed by atoms with van der Waals surface area (Å²) in [5.41, 5.74) is 3.67. The van der Waals surface area contributed by atoms with Crippen molar-refractivity contribution in [2.75, 3.05) is 14.2 Å². The van der Waals surface area contributed by atoms with E-state index in [4.69, 9.17) is 13.9 Å². The van der Waals surface area contributed by atoms with E-state index in [1.807, 2.05) is 26.0 Å². The molecule has 2 amide bonds. The Kier molecular flexibility index (Phi) is 9.42. The number of amides is 2. The van der Waals surface area contributed by atoms with E-state index in [0.717, 1.165) is 28.7 Å². The number of halogens is 3. The lowest BCUT2D eigenvalue weighted by Crippen LogP contribution is -2.58. The van der Waals surface area contributed by atoms with Gasteiger partial charge in [0.05, 0.1) is 24.3 Å². The minimum Gasteiger partial charge on any atom is -0.496 e. The van der Waals surface area contributed by atoms with Gasteiger partial charge in [0.25, 0.3) is 11.8 Å². The second-order valence-electron chi connectivity index (χ2n) is 12.1. The number of benzene rings is 3. The summed E-state index contributed by atoms with van der Waals surface area (Å²) in [7, 11) is 2.99. The van der Waals surface area contributed by atoms with E-state index in [-0.39, 0.29) is 30.1 Å². The summed E-state index contributed by atoms with van der Waals surface area (Å²) in [5.74, 6) is -0.381. The van der Waals surface area contributed by atoms with Crippen LogP contribution in [0.3, 0.4) is 0 Å². The molecule has 49 heavy (non-hydrogen) atoms. The lowest BCUT2D eigenvalue weighted by Gasteiger charge is -2.46. The monoisotopic (exact) mass is 672 g/mol. The highest BCUT2D eigenvalue weighted by molar-refractivity contribution is 6.12. The number of hydrogen-bond donors (Lipinski definition) is 2. The molecule has 1 aliphatic carbocycles. The van der Waals surface area contributed by atoms with Crippen molar-refractivity contribution in [1.82, 2.24) is 20.6 Å². The number of alkyl halides is 2. The van der Waals surface area contributed by atoms with Gasteiger partial charge in [-0.2, -0.15) is 8.78 Å². The number of carbonyl (C=O) groups excluding carboxylic acids is 2. The van der Waals surface area contributed by atoms with Crippen LogP contribution in [-0.4, -0.2) is 48.7 Å². The van der Waals surface area contributed by atoms with Gasteiger partial charge in [-0.15, -0.1) is 0 Å². The van der Waals surface area contributed by atoms with Crippen LogP contribution in [0, 0.1) is 12.7 Å². The van der Waals surface area contributed by atoms with E-state index in [1.54, 1.807) is 30.3 Å². The van der Waals surface area contributed by atoms with Crippen LogP contribution >= 0.6 is 0 Å². The summed E-state index contributed by atoms with van der Waals surface area (Å²) in [5, 5.41) is 6.24. The molecule has 2 heterocycles. The van der Waals surface area contributed by atoms with Crippen LogP contribution in [0.25, 0.3) is 33.4 Å². The Bertz CT molecular complexity index is 2010. The zero-order chi connectivity index (χ0) is 34.9. The van der Waals surface area contributed by atoms with Crippen molar-refractivity contribution >= 4 is 22.8 Å². The topological polar surface area (TPSA) is 116 Å².